The van der Waals surface area contributed by atoms with Crippen molar-refractivity contribution >= 4 is 22.8 Å². The van der Waals surface area contributed by atoms with Crippen molar-refractivity contribution in [1.82, 2.24) is 9.55 Å². The molecule has 0 unspecified atom stereocenters. The first kappa shape index (κ1) is 18.8. The summed E-state index contributed by atoms with van der Waals surface area (Å²) in [5, 5.41) is 9.26. The highest BCUT2D eigenvalue weighted by atomic mass is 19.1. The summed E-state index contributed by atoms with van der Waals surface area (Å²) >= 11 is 0. The Hall–Kier alpha value is -2.55. The average molecular weight is 392 g/mol. The number of anilines is 1. The molecule has 0 amide bonds. The fourth-order valence-electron chi connectivity index (χ4n) is 3.96. The van der Waals surface area contributed by atoms with Gasteiger partial charge < -0.3 is 20.3 Å². The van der Waals surface area contributed by atoms with Crippen LogP contribution in [0.3, 0.4) is 0 Å². The first-order chi connectivity index (χ1) is 13.4. The van der Waals surface area contributed by atoms with E-state index in [4.69, 9.17) is 5.73 Å². The summed E-state index contributed by atoms with van der Waals surface area (Å²) in [4.78, 5) is 30.0. The van der Waals surface area contributed by atoms with Gasteiger partial charge in [-0.05, 0) is 37.7 Å². The van der Waals surface area contributed by atoms with Gasteiger partial charge in [-0.2, -0.15) is 0 Å². The Morgan fingerprint density at radius 2 is 2.11 bits per heavy atom. The highest BCUT2D eigenvalue weighted by Crippen LogP contribution is 2.37. The molecule has 2 atom stereocenters. The number of carboxylic acids is 1. The van der Waals surface area contributed by atoms with Crippen molar-refractivity contribution < 1.29 is 18.7 Å². The van der Waals surface area contributed by atoms with E-state index in [1.54, 1.807) is 9.47 Å². The molecule has 2 fully saturated rings. The number of aromatic carboxylic acids is 1. The molecule has 2 aliphatic rings. The zero-order valence-corrected chi connectivity index (χ0v) is 15.3. The summed E-state index contributed by atoms with van der Waals surface area (Å²) in [6.45, 7) is 0.413. The van der Waals surface area contributed by atoms with Crippen LogP contribution < -0.4 is 16.1 Å². The van der Waals surface area contributed by atoms with E-state index in [9.17, 15) is 23.5 Å². The van der Waals surface area contributed by atoms with Crippen LogP contribution in [0.5, 0.6) is 0 Å². The van der Waals surface area contributed by atoms with Gasteiger partial charge in [-0.1, -0.05) is 0 Å². The van der Waals surface area contributed by atoms with Crippen molar-refractivity contribution in [2.24, 2.45) is 11.7 Å². The molecule has 1 saturated heterocycles. The molecule has 9 heteroatoms. The summed E-state index contributed by atoms with van der Waals surface area (Å²) in [5.41, 5.74) is 5.30. The minimum absolute atomic E-state index is 0.0373. The molecule has 150 valence electrons. The van der Waals surface area contributed by atoms with E-state index >= 15 is 0 Å². The number of fused-ring (bicyclic) bond motifs is 1. The van der Waals surface area contributed by atoms with Crippen LogP contribution in [0.2, 0.25) is 0 Å². The smallest absolute Gasteiger partial charge is 0.341 e. The van der Waals surface area contributed by atoms with Crippen molar-refractivity contribution in [3.05, 3.63) is 33.9 Å². The fraction of sp³-hybridized carbons (Fsp3) is 0.526. The van der Waals surface area contributed by atoms with Crippen molar-refractivity contribution in [1.29, 1.82) is 0 Å². The molecule has 0 radical (unpaired) electrons. The number of hydrogen-bond acceptors (Lipinski definition) is 5. The topological polar surface area (TPSA) is 101 Å². The molecule has 28 heavy (non-hydrogen) atoms. The van der Waals surface area contributed by atoms with Gasteiger partial charge in [0.1, 0.15) is 11.2 Å². The van der Waals surface area contributed by atoms with Crippen LogP contribution in [-0.4, -0.2) is 46.4 Å². The molecule has 0 bridgehead atoms. The van der Waals surface area contributed by atoms with Gasteiger partial charge >= 0.3 is 5.97 Å². The minimum Gasteiger partial charge on any atom is -0.477 e. The lowest BCUT2D eigenvalue weighted by Crippen LogP contribution is -2.49. The van der Waals surface area contributed by atoms with E-state index in [0.717, 1.165) is 18.9 Å². The summed E-state index contributed by atoms with van der Waals surface area (Å²) in [7, 11) is 0. The van der Waals surface area contributed by atoms with Crippen LogP contribution >= 0.6 is 0 Å². The number of nitrogens with zero attached hydrogens (tertiary/aromatic N) is 3. The lowest BCUT2D eigenvalue weighted by Gasteiger charge is -2.37. The van der Waals surface area contributed by atoms with Crippen LogP contribution in [0, 0.1) is 11.7 Å². The number of halogens is 2. The van der Waals surface area contributed by atoms with Gasteiger partial charge in [0.15, 0.2) is 11.6 Å². The maximum absolute atomic E-state index is 14.8. The largest absolute Gasteiger partial charge is 0.477 e. The van der Waals surface area contributed by atoms with Gasteiger partial charge in [-0.15, -0.1) is 0 Å². The molecule has 7 nitrogen and oxygen atoms in total. The summed E-state index contributed by atoms with van der Waals surface area (Å²) in [6, 6.07) is 0.843. The maximum Gasteiger partial charge on any atom is 0.341 e. The van der Waals surface area contributed by atoms with E-state index in [0.29, 0.717) is 25.9 Å². The van der Waals surface area contributed by atoms with Crippen LogP contribution in [0.25, 0.3) is 11.0 Å². The Labute approximate surface area is 159 Å². The Balaban J connectivity index is 1.78. The zero-order valence-electron chi connectivity index (χ0n) is 15.3. The SMILES string of the molecule is N[C@@H]1CN(c2nc3c(cc2F)c(=O)c(C(=O)O)cn3C2CC2)CC[C@H]1CCF. The molecule has 1 aliphatic carbocycles. The first-order valence-corrected chi connectivity index (χ1v) is 9.46. The molecule has 3 N–H and O–H groups in total. The van der Waals surface area contributed by atoms with Gasteiger partial charge in [0.05, 0.1) is 12.1 Å². The van der Waals surface area contributed by atoms with Gasteiger partial charge in [0, 0.05) is 31.4 Å². The van der Waals surface area contributed by atoms with Crippen molar-refractivity contribution in [3.63, 3.8) is 0 Å². The van der Waals surface area contributed by atoms with Crippen LogP contribution in [-0.2, 0) is 0 Å². The molecule has 2 aromatic heterocycles. The molecule has 0 aromatic carbocycles. The molecule has 4 rings (SSSR count). The van der Waals surface area contributed by atoms with Crippen LogP contribution in [0.1, 0.15) is 42.1 Å². The van der Waals surface area contributed by atoms with Gasteiger partial charge in [0.2, 0.25) is 5.43 Å². The second-order valence-corrected chi connectivity index (χ2v) is 7.62. The predicted octanol–water partition coefficient (Wildman–Crippen LogP) is 2.08. The van der Waals surface area contributed by atoms with Crippen molar-refractivity contribution in [3.8, 4) is 0 Å². The average Bonchev–Trinajstić information content (AvgIpc) is 3.49. The number of hydrogen-bond donors (Lipinski definition) is 2. The standard InChI is InChI=1S/C19H22F2N4O3/c20-5-3-10-4-6-24(9-15(10)22)18-14(21)7-12-16(26)13(19(27)28)8-25(11-1-2-11)17(12)23-18/h7-8,10-11,15H,1-6,9,22H2,(H,27,28)/t10-,15-/m1/s1. The summed E-state index contributed by atoms with van der Waals surface area (Å²) < 4.78 is 29.1. The predicted molar refractivity (Wildman–Crippen MR) is 100 cm³/mol. The highest BCUT2D eigenvalue weighted by molar-refractivity contribution is 5.92. The Morgan fingerprint density at radius 1 is 1.36 bits per heavy atom. The zero-order chi connectivity index (χ0) is 20.0. The second kappa shape index (κ2) is 7.12. The van der Waals surface area contributed by atoms with E-state index in [1.807, 2.05) is 0 Å². The number of carboxylic acid groups (broad SMARTS) is 1. The number of alkyl halides is 1. The number of rotatable bonds is 5. The fourth-order valence-corrected chi connectivity index (χ4v) is 3.96. The van der Waals surface area contributed by atoms with E-state index in [1.165, 1.54) is 6.20 Å². The van der Waals surface area contributed by atoms with Crippen molar-refractivity contribution in [2.45, 2.75) is 37.8 Å². The van der Waals surface area contributed by atoms with Gasteiger partial charge in [-0.25, -0.2) is 14.2 Å². The highest BCUT2D eigenvalue weighted by Gasteiger charge is 2.31. The summed E-state index contributed by atoms with van der Waals surface area (Å²) in [5.74, 6) is -1.89. The molecular weight excluding hydrogens is 370 g/mol. The second-order valence-electron chi connectivity index (χ2n) is 7.62. The molecule has 2 aromatic rings. The van der Waals surface area contributed by atoms with Crippen molar-refractivity contribution in [2.75, 3.05) is 24.7 Å². The number of aromatic nitrogens is 2. The maximum atomic E-state index is 14.8. The quantitative estimate of drug-likeness (QED) is 0.808. The lowest BCUT2D eigenvalue weighted by atomic mass is 9.90. The third-order valence-corrected chi connectivity index (χ3v) is 5.70. The molecule has 1 aliphatic heterocycles. The molecule has 3 heterocycles. The van der Waals surface area contributed by atoms with E-state index in [-0.39, 0.29) is 40.4 Å². The van der Waals surface area contributed by atoms with Crippen LogP contribution in [0.15, 0.2) is 17.1 Å². The third-order valence-electron chi connectivity index (χ3n) is 5.70. The molecular formula is C19H22F2N4O3. The number of carbonyl (C=O) groups is 1. The number of nitrogens with two attached hydrogens (primary N) is 1. The van der Waals surface area contributed by atoms with E-state index in [2.05, 4.69) is 4.98 Å². The third kappa shape index (κ3) is 3.23. The number of pyridine rings is 2. The van der Waals surface area contributed by atoms with Gasteiger partial charge in [-0.3, -0.25) is 9.18 Å². The van der Waals surface area contributed by atoms with Crippen LogP contribution in [0.4, 0.5) is 14.6 Å². The Morgan fingerprint density at radius 3 is 2.71 bits per heavy atom. The normalized spacial score (nSPS) is 22.6. The number of piperidine rings is 1. The summed E-state index contributed by atoms with van der Waals surface area (Å²) in [6.07, 6.45) is 4.04. The Kier molecular flexibility index (Phi) is 4.78. The Bertz CT molecular complexity index is 989. The van der Waals surface area contributed by atoms with Gasteiger partial charge in [0.25, 0.3) is 0 Å². The minimum atomic E-state index is -1.34. The molecule has 0 spiro atoms. The lowest BCUT2D eigenvalue weighted by molar-refractivity contribution is 0.0695. The molecule has 1 saturated carbocycles. The monoisotopic (exact) mass is 392 g/mol. The van der Waals surface area contributed by atoms with E-state index < -0.39 is 23.9 Å². The first-order valence-electron chi connectivity index (χ1n) is 9.46.